The van der Waals surface area contributed by atoms with E-state index in [-0.39, 0.29) is 31.2 Å². The second-order valence-electron chi connectivity index (χ2n) is 5.75. The molecule has 0 unspecified atom stereocenters. The molecule has 0 spiro atoms. The zero-order valence-corrected chi connectivity index (χ0v) is 14.1. The summed E-state index contributed by atoms with van der Waals surface area (Å²) in [5.41, 5.74) is -1.04. The van der Waals surface area contributed by atoms with Crippen LogP contribution in [0.25, 0.3) is 0 Å². The van der Waals surface area contributed by atoms with Crippen LogP contribution in [0.3, 0.4) is 0 Å². The summed E-state index contributed by atoms with van der Waals surface area (Å²) in [5, 5.41) is 7.87. The van der Waals surface area contributed by atoms with Gasteiger partial charge < -0.3 is 4.90 Å². The number of sulfone groups is 1. The van der Waals surface area contributed by atoms with Crippen molar-refractivity contribution in [2.75, 3.05) is 18.0 Å². The molecule has 1 atom stereocenters. The van der Waals surface area contributed by atoms with Crippen molar-refractivity contribution in [1.82, 2.24) is 9.97 Å². The number of rotatable bonds is 3. The number of nitrogens with zero attached hydrogens (tertiary/aromatic N) is 4. The summed E-state index contributed by atoms with van der Waals surface area (Å²) >= 11 is 0. The minimum absolute atomic E-state index is 0.0383. The molecule has 3 rings (SSSR count). The van der Waals surface area contributed by atoms with E-state index in [1.807, 2.05) is 6.07 Å². The Balaban J connectivity index is 1.90. The van der Waals surface area contributed by atoms with E-state index in [4.69, 9.17) is 5.26 Å². The first-order chi connectivity index (χ1) is 12.2. The molecule has 136 valence electrons. The molecule has 1 aliphatic heterocycles. The molecule has 0 saturated carbocycles. The third-order valence-electron chi connectivity index (χ3n) is 4.12. The SMILES string of the molecule is N#Cc1ccnc(N2CC[C@H](S(=O)(=O)c3ccccc3C(F)(F)F)C2)n1. The average Bonchev–Trinajstić information content (AvgIpc) is 3.12. The van der Waals surface area contributed by atoms with Crippen LogP contribution >= 0.6 is 0 Å². The molecule has 10 heteroatoms. The molecule has 0 bridgehead atoms. The van der Waals surface area contributed by atoms with Crippen molar-refractivity contribution < 1.29 is 21.6 Å². The average molecular weight is 382 g/mol. The van der Waals surface area contributed by atoms with Gasteiger partial charge in [-0.1, -0.05) is 12.1 Å². The van der Waals surface area contributed by atoms with Crippen LogP contribution in [0.4, 0.5) is 19.1 Å². The Morgan fingerprint density at radius 3 is 2.65 bits per heavy atom. The van der Waals surface area contributed by atoms with Crippen molar-refractivity contribution in [3.05, 3.63) is 47.8 Å². The fraction of sp³-hybridized carbons (Fsp3) is 0.312. The van der Waals surface area contributed by atoms with Gasteiger partial charge in [-0.2, -0.15) is 18.4 Å². The number of nitriles is 1. The molecule has 2 aromatic rings. The number of hydrogen-bond acceptors (Lipinski definition) is 6. The molecule has 1 aliphatic rings. The van der Waals surface area contributed by atoms with E-state index in [2.05, 4.69) is 9.97 Å². The van der Waals surface area contributed by atoms with Crippen LogP contribution in [0, 0.1) is 11.3 Å². The highest BCUT2D eigenvalue weighted by Gasteiger charge is 2.41. The van der Waals surface area contributed by atoms with Crippen molar-refractivity contribution in [1.29, 1.82) is 5.26 Å². The smallest absolute Gasteiger partial charge is 0.339 e. The maximum absolute atomic E-state index is 13.2. The summed E-state index contributed by atoms with van der Waals surface area (Å²) in [4.78, 5) is 8.84. The maximum atomic E-state index is 13.2. The Kier molecular flexibility index (Phi) is 4.58. The largest absolute Gasteiger partial charge is 0.417 e. The van der Waals surface area contributed by atoms with Gasteiger partial charge in [0.1, 0.15) is 11.8 Å². The molecule has 26 heavy (non-hydrogen) atoms. The molecular weight excluding hydrogens is 369 g/mol. The summed E-state index contributed by atoms with van der Waals surface area (Å²) in [6.07, 6.45) is -3.23. The van der Waals surface area contributed by atoms with Gasteiger partial charge >= 0.3 is 6.18 Å². The zero-order valence-electron chi connectivity index (χ0n) is 13.3. The molecule has 0 radical (unpaired) electrons. The highest BCUT2D eigenvalue weighted by Crippen LogP contribution is 2.36. The summed E-state index contributed by atoms with van der Waals surface area (Å²) in [6.45, 7) is 0.233. The van der Waals surface area contributed by atoms with Gasteiger partial charge in [-0.15, -0.1) is 0 Å². The van der Waals surface area contributed by atoms with E-state index < -0.39 is 31.7 Å². The lowest BCUT2D eigenvalue weighted by Gasteiger charge is -2.18. The standard InChI is InChI=1S/C16H13F3N4O2S/c17-16(18,19)13-3-1-2-4-14(13)26(24,25)12-6-8-23(10-12)15-21-7-5-11(9-20)22-15/h1-5,7,12H,6,8,10H2/t12-/m0/s1. The first-order valence-electron chi connectivity index (χ1n) is 7.61. The van der Waals surface area contributed by atoms with Crippen LogP contribution in [0.5, 0.6) is 0 Å². The van der Waals surface area contributed by atoms with Gasteiger partial charge in [0, 0.05) is 19.3 Å². The molecule has 0 aliphatic carbocycles. The van der Waals surface area contributed by atoms with Crippen molar-refractivity contribution in [2.24, 2.45) is 0 Å². The Morgan fingerprint density at radius 1 is 1.23 bits per heavy atom. The Morgan fingerprint density at radius 2 is 1.96 bits per heavy atom. The van der Waals surface area contributed by atoms with E-state index in [9.17, 15) is 21.6 Å². The highest BCUT2D eigenvalue weighted by molar-refractivity contribution is 7.92. The molecule has 2 heterocycles. The minimum Gasteiger partial charge on any atom is -0.339 e. The summed E-state index contributed by atoms with van der Waals surface area (Å²) in [6, 6.07) is 7.44. The molecule has 1 fully saturated rings. The van der Waals surface area contributed by atoms with Crippen molar-refractivity contribution in [3.8, 4) is 6.07 Å². The summed E-state index contributed by atoms with van der Waals surface area (Å²) < 4.78 is 65.1. The lowest BCUT2D eigenvalue weighted by molar-refractivity contribution is -0.139. The van der Waals surface area contributed by atoms with Crippen LogP contribution in [0.1, 0.15) is 17.7 Å². The number of aromatic nitrogens is 2. The van der Waals surface area contributed by atoms with E-state index in [1.165, 1.54) is 18.3 Å². The van der Waals surface area contributed by atoms with Gasteiger partial charge in [-0.25, -0.2) is 18.4 Å². The van der Waals surface area contributed by atoms with Crippen molar-refractivity contribution in [2.45, 2.75) is 22.7 Å². The summed E-state index contributed by atoms with van der Waals surface area (Å²) in [5.74, 6) is 0.186. The molecule has 0 N–H and O–H groups in total. The van der Waals surface area contributed by atoms with Gasteiger partial charge in [0.05, 0.1) is 15.7 Å². The van der Waals surface area contributed by atoms with E-state index in [0.717, 1.165) is 18.2 Å². The summed E-state index contributed by atoms with van der Waals surface area (Å²) in [7, 11) is -4.19. The molecule has 0 amide bonds. The predicted octanol–water partition coefficient (Wildman–Crippen LogP) is 2.42. The van der Waals surface area contributed by atoms with Crippen LogP contribution in [-0.4, -0.2) is 36.7 Å². The van der Waals surface area contributed by atoms with E-state index >= 15 is 0 Å². The second-order valence-corrected chi connectivity index (χ2v) is 7.95. The van der Waals surface area contributed by atoms with Crippen LogP contribution in [-0.2, 0) is 16.0 Å². The minimum atomic E-state index is -4.76. The third-order valence-corrected chi connectivity index (χ3v) is 6.35. The fourth-order valence-corrected chi connectivity index (χ4v) is 4.76. The molecule has 6 nitrogen and oxygen atoms in total. The number of hydrogen-bond donors (Lipinski definition) is 0. The predicted molar refractivity (Wildman–Crippen MR) is 86.0 cm³/mol. The number of benzene rings is 1. The van der Waals surface area contributed by atoms with Gasteiger partial charge in [0.15, 0.2) is 9.84 Å². The van der Waals surface area contributed by atoms with Gasteiger partial charge in [-0.05, 0) is 24.6 Å². The molecule has 1 aromatic carbocycles. The van der Waals surface area contributed by atoms with Crippen LogP contribution in [0.15, 0.2) is 41.4 Å². The monoisotopic (exact) mass is 382 g/mol. The molecular formula is C16H13F3N4O2S. The number of anilines is 1. The molecule has 1 saturated heterocycles. The topological polar surface area (TPSA) is 87.0 Å². The highest BCUT2D eigenvalue weighted by atomic mass is 32.2. The first-order valence-corrected chi connectivity index (χ1v) is 9.16. The Labute approximate surface area is 147 Å². The number of alkyl halides is 3. The lowest BCUT2D eigenvalue weighted by atomic mass is 10.2. The van der Waals surface area contributed by atoms with Crippen molar-refractivity contribution in [3.63, 3.8) is 0 Å². The lowest BCUT2D eigenvalue weighted by Crippen LogP contribution is -2.29. The maximum Gasteiger partial charge on any atom is 0.417 e. The fourth-order valence-electron chi connectivity index (χ4n) is 2.85. The quantitative estimate of drug-likeness (QED) is 0.810. The van der Waals surface area contributed by atoms with Gasteiger partial charge in [0.25, 0.3) is 0 Å². The zero-order chi connectivity index (χ0) is 18.9. The van der Waals surface area contributed by atoms with Crippen LogP contribution < -0.4 is 4.90 Å². The first kappa shape index (κ1) is 18.1. The van der Waals surface area contributed by atoms with Gasteiger partial charge in [-0.3, -0.25) is 0 Å². The Bertz CT molecular complexity index is 970. The number of halogens is 3. The van der Waals surface area contributed by atoms with Crippen LogP contribution in [0.2, 0.25) is 0 Å². The van der Waals surface area contributed by atoms with Crippen molar-refractivity contribution >= 4 is 15.8 Å². The van der Waals surface area contributed by atoms with E-state index in [0.29, 0.717) is 0 Å². The second kappa shape index (κ2) is 6.57. The normalized spacial score (nSPS) is 17.9. The van der Waals surface area contributed by atoms with E-state index in [1.54, 1.807) is 4.90 Å². The van der Waals surface area contributed by atoms with Gasteiger partial charge in [0.2, 0.25) is 5.95 Å². The Hall–Kier alpha value is -2.67. The molecule has 1 aromatic heterocycles. The third kappa shape index (κ3) is 3.35.